The fourth-order valence-corrected chi connectivity index (χ4v) is 3.93. The summed E-state index contributed by atoms with van der Waals surface area (Å²) in [6, 6.07) is 3.70. The predicted molar refractivity (Wildman–Crippen MR) is 154 cm³/mol. The second-order valence-electron chi connectivity index (χ2n) is 6.67. The average molecular weight is 607 g/mol. The third-order valence-corrected chi connectivity index (χ3v) is 7.36. The molecule has 0 bridgehead atoms. The third-order valence-electron chi connectivity index (χ3n) is 4.03. The molecule has 2 rings (SSSR count). The summed E-state index contributed by atoms with van der Waals surface area (Å²) < 4.78 is 2.20. The van der Waals surface area contributed by atoms with E-state index in [-0.39, 0.29) is 0 Å². The molecule has 0 aromatic carbocycles. The van der Waals surface area contributed by atoms with E-state index in [1.807, 2.05) is 24.8 Å². The van der Waals surface area contributed by atoms with Gasteiger partial charge in [0.05, 0.1) is 12.1 Å². The first-order chi connectivity index (χ1) is 17.6. The minimum absolute atomic E-state index is 0.491. The Morgan fingerprint density at radius 1 is 1.16 bits per heavy atom. The maximum Gasteiger partial charge on any atom is 0.447 e. The number of pyridine rings is 1. The highest BCUT2D eigenvalue weighted by molar-refractivity contribution is 8.14. The first kappa shape index (κ1) is 32.7. The number of aliphatic imine (C=N–C) groups is 1. The lowest BCUT2D eigenvalue weighted by molar-refractivity contribution is 0.131. The van der Waals surface area contributed by atoms with Gasteiger partial charge in [-0.05, 0) is 38.0 Å². The number of amides is 2. The van der Waals surface area contributed by atoms with E-state index < -0.39 is 12.2 Å². The Bertz CT molecular complexity index is 998. The zero-order valence-electron chi connectivity index (χ0n) is 21.1. The molecular weight excluding hydrogens is 580 g/mol. The van der Waals surface area contributed by atoms with Crippen LogP contribution in [0.25, 0.3) is 0 Å². The lowest BCUT2D eigenvalue weighted by Crippen LogP contribution is -2.28. The van der Waals surface area contributed by atoms with Gasteiger partial charge >= 0.3 is 12.2 Å². The highest BCUT2D eigenvalue weighted by atomic mass is 35.5. The molecule has 37 heavy (non-hydrogen) atoms. The van der Waals surface area contributed by atoms with E-state index in [2.05, 4.69) is 34.9 Å². The zero-order chi connectivity index (χ0) is 27.8. The molecule has 202 valence electrons. The number of hydrogen-bond acceptors (Lipinski definition) is 13. The van der Waals surface area contributed by atoms with E-state index in [1.54, 1.807) is 37.9 Å². The molecule has 0 atom stereocenters. The van der Waals surface area contributed by atoms with Gasteiger partial charge in [0.2, 0.25) is 6.19 Å². The van der Waals surface area contributed by atoms with Gasteiger partial charge in [-0.25, -0.2) is 23.2 Å². The molecule has 1 aromatic heterocycles. The molecule has 12 nitrogen and oxygen atoms in total. The largest absolute Gasteiger partial charge is 0.447 e. The number of nitrogens with zero attached hydrogens (tertiary/aromatic N) is 8. The van der Waals surface area contributed by atoms with Crippen molar-refractivity contribution in [3.63, 3.8) is 0 Å². The second kappa shape index (κ2) is 18.0. The van der Waals surface area contributed by atoms with Crippen LogP contribution in [-0.2, 0) is 16.2 Å². The molecule has 0 unspecified atom stereocenters. The fourth-order valence-electron chi connectivity index (χ4n) is 2.09. The zero-order valence-corrected chi connectivity index (χ0v) is 25.1. The summed E-state index contributed by atoms with van der Waals surface area (Å²) in [6.07, 6.45) is 5.77. The normalized spacial score (nSPS) is 14.4. The molecule has 2 amide bonds. The molecule has 1 fully saturated rings. The van der Waals surface area contributed by atoms with Crippen molar-refractivity contribution in [2.45, 2.75) is 20.4 Å². The average Bonchev–Trinajstić information content (AvgIpc) is 3.33. The summed E-state index contributed by atoms with van der Waals surface area (Å²) in [5, 5.41) is 18.2. The first-order valence-electron chi connectivity index (χ1n) is 10.3. The van der Waals surface area contributed by atoms with E-state index in [0.29, 0.717) is 15.2 Å². The fraction of sp³-hybridized carbons (Fsp3) is 0.450. The molecule has 0 aliphatic carbocycles. The molecule has 1 aliphatic rings. The Labute approximate surface area is 238 Å². The lowest BCUT2D eigenvalue weighted by atomic mass is 10.3. The van der Waals surface area contributed by atoms with Crippen LogP contribution in [0.4, 0.5) is 9.59 Å². The van der Waals surface area contributed by atoms with E-state index in [9.17, 15) is 9.59 Å². The number of carbonyl (C=O) groups is 2. The SMILES string of the molecule is CS/C(C)=N/OC(=O)N(C)SN(C)C(=O)O/N=C(\C)SC.N#CN=C1SCCN1Cc1ccc(Cl)nc1. The van der Waals surface area contributed by atoms with Gasteiger partial charge in [0.1, 0.15) is 15.2 Å². The van der Waals surface area contributed by atoms with Gasteiger partial charge in [-0.2, -0.15) is 5.26 Å². The van der Waals surface area contributed by atoms with Crippen LogP contribution in [0.15, 0.2) is 33.6 Å². The second-order valence-corrected chi connectivity index (χ2v) is 11.4. The van der Waals surface area contributed by atoms with Crippen LogP contribution in [0.1, 0.15) is 19.4 Å². The lowest BCUT2D eigenvalue weighted by Gasteiger charge is -2.19. The molecule has 0 saturated carbocycles. The summed E-state index contributed by atoms with van der Waals surface area (Å²) in [6.45, 7) is 5.05. The summed E-state index contributed by atoms with van der Waals surface area (Å²) in [5.41, 5.74) is 1.07. The summed E-state index contributed by atoms with van der Waals surface area (Å²) in [4.78, 5) is 42.4. The minimum atomic E-state index is -0.711. The molecule has 1 saturated heterocycles. The van der Waals surface area contributed by atoms with E-state index in [0.717, 1.165) is 50.3 Å². The Morgan fingerprint density at radius 3 is 2.19 bits per heavy atom. The van der Waals surface area contributed by atoms with Crippen molar-refractivity contribution in [2.24, 2.45) is 15.3 Å². The maximum atomic E-state index is 11.6. The molecule has 17 heteroatoms. The van der Waals surface area contributed by atoms with Gasteiger partial charge in [0.15, 0.2) is 5.17 Å². The van der Waals surface area contributed by atoms with Crippen LogP contribution < -0.4 is 0 Å². The minimum Gasteiger partial charge on any atom is -0.345 e. The maximum absolute atomic E-state index is 11.6. The van der Waals surface area contributed by atoms with Crippen molar-refractivity contribution >= 4 is 86.5 Å². The number of rotatable bonds is 6. The van der Waals surface area contributed by atoms with Gasteiger partial charge in [0.25, 0.3) is 0 Å². The molecular formula is C20H27ClN8O4S4. The van der Waals surface area contributed by atoms with E-state index in [4.69, 9.17) is 16.9 Å². The number of thioether (sulfide) groups is 3. The van der Waals surface area contributed by atoms with Crippen molar-refractivity contribution in [3.8, 4) is 6.19 Å². The van der Waals surface area contributed by atoms with Crippen LogP contribution in [0.5, 0.6) is 0 Å². The van der Waals surface area contributed by atoms with Crippen LogP contribution >= 0.6 is 59.0 Å². The smallest absolute Gasteiger partial charge is 0.345 e. The molecule has 1 aromatic rings. The van der Waals surface area contributed by atoms with Crippen molar-refractivity contribution in [1.29, 1.82) is 5.26 Å². The molecule has 1 aliphatic heterocycles. The predicted octanol–water partition coefficient (Wildman–Crippen LogP) is 5.20. The Hall–Kier alpha value is -2.32. The number of amidine groups is 1. The number of carbonyl (C=O) groups excluding carboxylic acids is 2. The van der Waals surface area contributed by atoms with Crippen LogP contribution in [0.2, 0.25) is 5.15 Å². The van der Waals surface area contributed by atoms with Gasteiger partial charge in [-0.3, -0.25) is 9.68 Å². The van der Waals surface area contributed by atoms with Gasteiger partial charge in [-0.1, -0.05) is 39.7 Å². The number of halogens is 1. The van der Waals surface area contributed by atoms with Crippen LogP contribution in [0.3, 0.4) is 0 Å². The summed E-state index contributed by atoms with van der Waals surface area (Å²) >= 11 is 10.8. The molecule has 0 radical (unpaired) electrons. The monoisotopic (exact) mass is 606 g/mol. The van der Waals surface area contributed by atoms with Gasteiger partial charge in [0, 0.05) is 39.1 Å². The standard InChI is InChI=1S/C10H9ClN4S.C10H18N4O4S3/c11-9-2-1-8(5-13-9)6-15-3-4-16-10(15)14-7-12;1-7(19-5)11-17-9(15)13(3)21-14(4)10(16)18-12-8(2)20-6/h1-2,5H,3-4,6H2;1-6H3/b;11-7+,12-8+. The van der Waals surface area contributed by atoms with Crippen LogP contribution in [-0.4, -0.2) is 84.8 Å². The highest BCUT2D eigenvalue weighted by Crippen LogP contribution is 2.20. The number of oxime groups is 2. The van der Waals surface area contributed by atoms with Gasteiger partial charge in [-0.15, -0.1) is 28.5 Å². The number of aromatic nitrogens is 1. The molecule has 0 spiro atoms. The number of nitriles is 1. The van der Waals surface area contributed by atoms with E-state index >= 15 is 0 Å². The quantitative estimate of drug-likeness (QED) is 0.0803. The van der Waals surface area contributed by atoms with Crippen molar-refractivity contribution in [3.05, 3.63) is 29.0 Å². The van der Waals surface area contributed by atoms with Crippen molar-refractivity contribution < 1.29 is 19.3 Å². The summed E-state index contributed by atoms with van der Waals surface area (Å²) in [7, 11) is 2.88. The summed E-state index contributed by atoms with van der Waals surface area (Å²) in [5.74, 6) is 0.974. The first-order valence-corrected chi connectivity index (χ1v) is 14.8. The highest BCUT2D eigenvalue weighted by Gasteiger charge is 2.20. The number of hydrogen-bond donors (Lipinski definition) is 0. The Morgan fingerprint density at radius 2 is 1.73 bits per heavy atom. The molecule has 0 N–H and O–H groups in total. The van der Waals surface area contributed by atoms with Crippen LogP contribution in [0, 0.1) is 11.5 Å². The van der Waals surface area contributed by atoms with Crippen molar-refractivity contribution in [1.82, 2.24) is 18.5 Å². The Balaban J connectivity index is 0.000000381. The molecule has 2 heterocycles. The van der Waals surface area contributed by atoms with Gasteiger partial charge < -0.3 is 4.90 Å². The van der Waals surface area contributed by atoms with Crippen molar-refractivity contribution in [2.75, 3.05) is 38.9 Å². The Kier molecular flexibility index (Phi) is 15.9. The topological polar surface area (TPSA) is 136 Å². The third kappa shape index (κ3) is 13.2. The van der Waals surface area contributed by atoms with E-state index in [1.165, 1.54) is 37.6 Å².